The van der Waals surface area contributed by atoms with Crippen LogP contribution in [0.1, 0.15) is 19.8 Å². The quantitative estimate of drug-likeness (QED) is 0.766. The summed E-state index contributed by atoms with van der Waals surface area (Å²) in [5.41, 5.74) is 0.235. The van der Waals surface area contributed by atoms with Crippen LogP contribution < -0.4 is 10.0 Å². The van der Waals surface area contributed by atoms with Crippen LogP contribution in [0.15, 0.2) is 12.1 Å². The minimum absolute atomic E-state index is 0.213. The van der Waals surface area contributed by atoms with E-state index < -0.39 is 15.3 Å². The van der Waals surface area contributed by atoms with Gasteiger partial charge in [-0.2, -0.15) is 0 Å². The van der Waals surface area contributed by atoms with Crippen LogP contribution in [-0.2, 0) is 10.0 Å². The maximum absolute atomic E-state index is 12.2. The molecule has 1 aliphatic rings. The van der Waals surface area contributed by atoms with Crippen LogP contribution in [0.3, 0.4) is 0 Å². The summed E-state index contributed by atoms with van der Waals surface area (Å²) in [6, 6.07) is 3.28. The number of rotatable bonds is 6. The van der Waals surface area contributed by atoms with Gasteiger partial charge in [0.1, 0.15) is 0 Å². The summed E-state index contributed by atoms with van der Waals surface area (Å²) in [6.45, 7) is 2.04. The molecule has 1 aromatic rings. The van der Waals surface area contributed by atoms with Crippen molar-refractivity contribution in [2.24, 2.45) is 0 Å². The van der Waals surface area contributed by atoms with E-state index in [-0.39, 0.29) is 20.8 Å². The predicted molar refractivity (Wildman–Crippen MR) is 84.5 cm³/mol. The summed E-state index contributed by atoms with van der Waals surface area (Å²) < 4.78 is 26.8. The van der Waals surface area contributed by atoms with E-state index >= 15 is 0 Å². The summed E-state index contributed by atoms with van der Waals surface area (Å²) in [5.74, 6) is 0. The lowest BCUT2D eigenvalue weighted by Gasteiger charge is -2.16. The number of nitrogens with one attached hydrogen (secondary N) is 2. The molecule has 1 aliphatic carbocycles. The number of anilines is 1. The standard InChI is InChI=1S/C12H15Cl3N2O2S/c1-7(6-16-8-2-3-8)20(18,19)17-12-5-10(14)9(13)4-11(12)15/h4-5,7-8,16-17H,2-3,6H2,1H3. The molecular formula is C12H15Cl3N2O2S. The second-order valence-corrected chi connectivity index (χ2v) is 8.21. The Labute approximate surface area is 133 Å². The van der Waals surface area contributed by atoms with Crippen molar-refractivity contribution in [2.45, 2.75) is 31.1 Å². The number of halogens is 3. The molecule has 1 atom stereocenters. The van der Waals surface area contributed by atoms with Crippen LogP contribution >= 0.6 is 34.8 Å². The summed E-state index contributed by atoms with van der Waals surface area (Å²) in [7, 11) is -3.53. The monoisotopic (exact) mass is 356 g/mol. The molecule has 0 amide bonds. The van der Waals surface area contributed by atoms with E-state index in [0.29, 0.717) is 12.6 Å². The number of hydrogen-bond donors (Lipinski definition) is 2. The minimum Gasteiger partial charge on any atom is -0.313 e. The number of hydrogen-bond acceptors (Lipinski definition) is 3. The van der Waals surface area contributed by atoms with Gasteiger partial charge in [0.2, 0.25) is 10.0 Å². The Morgan fingerprint density at radius 1 is 1.20 bits per heavy atom. The molecule has 0 aromatic heterocycles. The molecular weight excluding hydrogens is 343 g/mol. The topological polar surface area (TPSA) is 58.2 Å². The number of sulfonamides is 1. The van der Waals surface area contributed by atoms with Gasteiger partial charge in [-0.25, -0.2) is 8.42 Å². The maximum atomic E-state index is 12.2. The van der Waals surface area contributed by atoms with Crippen molar-refractivity contribution in [1.82, 2.24) is 5.32 Å². The summed E-state index contributed by atoms with van der Waals surface area (Å²) >= 11 is 17.6. The van der Waals surface area contributed by atoms with Gasteiger partial charge in [0.25, 0.3) is 0 Å². The van der Waals surface area contributed by atoms with Crippen LogP contribution in [0.5, 0.6) is 0 Å². The zero-order chi connectivity index (χ0) is 14.9. The lowest BCUT2D eigenvalue weighted by molar-refractivity contribution is 0.576. The zero-order valence-corrected chi connectivity index (χ0v) is 13.9. The summed E-state index contributed by atoms with van der Waals surface area (Å²) in [6.07, 6.45) is 2.22. The Hall–Kier alpha value is -0.200. The van der Waals surface area contributed by atoms with Crippen LogP contribution in [0, 0.1) is 0 Å². The van der Waals surface area contributed by atoms with Gasteiger partial charge in [0, 0.05) is 12.6 Å². The molecule has 2 N–H and O–H groups in total. The van der Waals surface area contributed by atoms with Crippen LogP contribution in [0.4, 0.5) is 5.69 Å². The summed E-state index contributed by atoms with van der Waals surface area (Å²) in [4.78, 5) is 0. The molecule has 0 aliphatic heterocycles. The van der Waals surface area contributed by atoms with Crippen molar-refractivity contribution < 1.29 is 8.42 Å². The van der Waals surface area contributed by atoms with Crippen molar-refractivity contribution in [3.05, 3.63) is 27.2 Å². The lowest BCUT2D eigenvalue weighted by atomic mass is 10.3. The van der Waals surface area contributed by atoms with Gasteiger partial charge in [-0.1, -0.05) is 34.8 Å². The van der Waals surface area contributed by atoms with Crippen molar-refractivity contribution in [3.63, 3.8) is 0 Å². The second-order valence-electron chi connectivity index (χ2n) is 4.89. The normalized spacial score (nSPS) is 17.0. The molecule has 8 heteroatoms. The smallest absolute Gasteiger partial charge is 0.236 e. The molecule has 0 bridgehead atoms. The predicted octanol–water partition coefficient (Wildman–Crippen LogP) is 3.53. The van der Waals surface area contributed by atoms with Gasteiger partial charge in [0.05, 0.1) is 26.0 Å². The third kappa shape index (κ3) is 4.15. The third-order valence-corrected chi connectivity index (χ3v) is 5.83. The highest BCUT2D eigenvalue weighted by molar-refractivity contribution is 7.93. The lowest BCUT2D eigenvalue weighted by Crippen LogP contribution is -2.35. The fourth-order valence-electron chi connectivity index (χ4n) is 1.58. The van der Waals surface area contributed by atoms with Gasteiger partial charge >= 0.3 is 0 Å². The Balaban J connectivity index is 2.08. The Morgan fingerprint density at radius 2 is 1.80 bits per heavy atom. The van der Waals surface area contributed by atoms with E-state index in [4.69, 9.17) is 34.8 Å². The van der Waals surface area contributed by atoms with Gasteiger partial charge in [0.15, 0.2) is 0 Å². The molecule has 20 heavy (non-hydrogen) atoms. The maximum Gasteiger partial charge on any atom is 0.236 e. The molecule has 0 spiro atoms. The van der Waals surface area contributed by atoms with E-state index in [1.54, 1.807) is 6.92 Å². The Kier molecular flexibility index (Phi) is 5.08. The minimum atomic E-state index is -3.53. The first kappa shape index (κ1) is 16.2. The highest BCUT2D eigenvalue weighted by atomic mass is 35.5. The molecule has 1 aromatic carbocycles. The first-order valence-corrected chi connectivity index (χ1v) is 8.87. The zero-order valence-electron chi connectivity index (χ0n) is 10.8. The van der Waals surface area contributed by atoms with Gasteiger partial charge < -0.3 is 5.32 Å². The van der Waals surface area contributed by atoms with Crippen molar-refractivity contribution in [3.8, 4) is 0 Å². The molecule has 112 valence electrons. The first-order valence-electron chi connectivity index (χ1n) is 6.19. The van der Waals surface area contributed by atoms with Gasteiger partial charge in [-0.3, -0.25) is 4.72 Å². The van der Waals surface area contributed by atoms with E-state index in [1.165, 1.54) is 12.1 Å². The van der Waals surface area contributed by atoms with Crippen molar-refractivity contribution in [1.29, 1.82) is 0 Å². The second kappa shape index (κ2) is 6.28. The summed E-state index contributed by atoms with van der Waals surface area (Å²) in [5, 5.41) is 3.35. The third-order valence-electron chi connectivity index (χ3n) is 3.06. The van der Waals surface area contributed by atoms with Crippen LogP contribution in [0.2, 0.25) is 15.1 Å². The SMILES string of the molecule is CC(CNC1CC1)S(=O)(=O)Nc1cc(Cl)c(Cl)cc1Cl. The highest BCUT2D eigenvalue weighted by Crippen LogP contribution is 2.33. The first-order chi connectivity index (χ1) is 9.29. The molecule has 1 unspecified atom stereocenters. The van der Waals surface area contributed by atoms with E-state index in [0.717, 1.165) is 12.8 Å². The number of benzene rings is 1. The highest BCUT2D eigenvalue weighted by Gasteiger charge is 2.26. The fraction of sp³-hybridized carbons (Fsp3) is 0.500. The molecule has 0 saturated heterocycles. The van der Waals surface area contributed by atoms with Gasteiger partial charge in [-0.05, 0) is 31.9 Å². The Bertz CT molecular complexity index is 603. The molecule has 1 saturated carbocycles. The average Bonchev–Trinajstić information content (AvgIpc) is 3.16. The molecule has 2 rings (SSSR count). The Morgan fingerprint density at radius 3 is 2.40 bits per heavy atom. The van der Waals surface area contributed by atoms with E-state index in [1.807, 2.05) is 0 Å². The van der Waals surface area contributed by atoms with Crippen LogP contribution in [0.25, 0.3) is 0 Å². The average molecular weight is 358 g/mol. The molecule has 1 fully saturated rings. The van der Waals surface area contributed by atoms with Crippen LogP contribution in [-0.4, -0.2) is 26.3 Å². The van der Waals surface area contributed by atoms with Gasteiger partial charge in [-0.15, -0.1) is 0 Å². The molecule has 4 nitrogen and oxygen atoms in total. The van der Waals surface area contributed by atoms with Crippen molar-refractivity contribution in [2.75, 3.05) is 11.3 Å². The fourth-order valence-corrected chi connectivity index (χ4v) is 3.23. The molecule has 0 radical (unpaired) electrons. The molecule has 0 heterocycles. The largest absolute Gasteiger partial charge is 0.313 e. The van der Waals surface area contributed by atoms with Crippen molar-refractivity contribution >= 4 is 50.5 Å². The van der Waals surface area contributed by atoms with E-state index in [2.05, 4.69) is 10.0 Å². The van der Waals surface area contributed by atoms with E-state index in [9.17, 15) is 8.42 Å².